The first-order valence-corrected chi connectivity index (χ1v) is 12.6. The first-order chi connectivity index (χ1) is 16.5. The number of anilines is 2. The Kier molecular flexibility index (Phi) is 6.48. The molecule has 0 saturated heterocycles. The number of aryl methyl sites for hydroxylation is 4. The van der Waals surface area contributed by atoms with Crippen molar-refractivity contribution in [2.24, 2.45) is 14.1 Å². The lowest BCUT2D eigenvalue weighted by molar-refractivity contribution is -0.114. The third-order valence-corrected chi connectivity index (χ3v) is 8.09. The van der Waals surface area contributed by atoms with E-state index in [9.17, 15) is 18.0 Å². The maximum atomic E-state index is 13.5. The Bertz CT molecular complexity index is 1610. The average molecular weight is 513 g/mol. The number of benzene rings is 3. The van der Waals surface area contributed by atoms with Crippen molar-refractivity contribution in [2.45, 2.75) is 18.7 Å². The van der Waals surface area contributed by atoms with Crippen molar-refractivity contribution in [2.75, 3.05) is 16.2 Å². The monoisotopic (exact) mass is 512 g/mol. The van der Waals surface area contributed by atoms with Gasteiger partial charge in [0.25, 0.3) is 10.0 Å². The van der Waals surface area contributed by atoms with Gasteiger partial charge in [-0.15, -0.1) is 0 Å². The van der Waals surface area contributed by atoms with E-state index in [1.54, 1.807) is 56.6 Å². The maximum absolute atomic E-state index is 13.5. The summed E-state index contributed by atoms with van der Waals surface area (Å²) >= 11 is 6.27. The Labute approximate surface area is 208 Å². The van der Waals surface area contributed by atoms with E-state index in [4.69, 9.17) is 11.6 Å². The fourth-order valence-electron chi connectivity index (χ4n) is 3.80. The van der Waals surface area contributed by atoms with Crippen LogP contribution in [0.25, 0.3) is 11.0 Å². The number of nitrogens with one attached hydrogen (secondary N) is 1. The number of halogens is 1. The van der Waals surface area contributed by atoms with E-state index in [1.165, 1.54) is 27.3 Å². The van der Waals surface area contributed by atoms with Crippen LogP contribution in [0.3, 0.4) is 0 Å². The van der Waals surface area contributed by atoms with Gasteiger partial charge in [-0.1, -0.05) is 35.4 Å². The fourth-order valence-corrected chi connectivity index (χ4v) is 5.39. The summed E-state index contributed by atoms with van der Waals surface area (Å²) in [6, 6.07) is 16.3. The molecule has 1 heterocycles. The summed E-state index contributed by atoms with van der Waals surface area (Å²) < 4.78 is 31.1. The molecule has 1 amide bonds. The smallest absolute Gasteiger partial charge is 0.324 e. The molecule has 182 valence electrons. The number of carbonyl (C=O) groups is 1. The predicted octanol–water partition coefficient (Wildman–Crippen LogP) is 3.98. The lowest BCUT2D eigenvalue weighted by Crippen LogP contribution is -2.38. The van der Waals surface area contributed by atoms with Gasteiger partial charge in [0.1, 0.15) is 6.54 Å². The van der Waals surface area contributed by atoms with E-state index in [-0.39, 0.29) is 16.3 Å². The second kappa shape index (κ2) is 9.24. The van der Waals surface area contributed by atoms with E-state index in [1.807, 2.05) is 13.8 Å². The predicted molar refractivity (Wildman–Crippen MR) is 139 cm³/mol. The number of hydrogen-bond donors (Lipinski definition) is 1. The number of sulfonamides is 1. The van der Waals surface area contributed by atoms with Crippen molar-refractivity contribution in [1.82, 2.24) is 9.13 Å². The SMILES string of the molecule is Cc1ccc(S(=O)(=O)N(CC(=O)Nc2ccc3c(c2)n(C)c(=O)n3C)c2ccc(C)c(Cl)c2)cc1. The molecule has 35 heavy (non-hydrogen) atoms. The largest absolute Gasteiger partial charge is 0.328 e. The normalized spacial score (nSPS) is 11.6. The molecule has 3 aromatic carbocycles. The second-order valence-corrected chi connectivity index (χ2v) is 10.7. The highest BCUT2D eigenvalue weighted by Gasteiger charge is 2.27. The summed E-state index contributed by atoms with van der Waals surface area (Å²) in [6.45, 7) is 3.20. The summed E-state index contributed by atoms with van der Waals surface area (Å²) in [6.07, 6.45) is 0. The molecule has 8 nitrogen and oxygen atoms in total. The van der Waals surface area contributed by atoms with Crippen LogP contribution in [0.4, 0.5) is 11.4 Å². The van der Waals surface area contributed by atoms with Crippen LogP contribution in [-0.4, -0.2) is 30.0 Å². The van der Waals surface area contributed by atoms with Gasteiger partial charge in [0.05, 0.1) is 21.6 Å². The van der Waals surface area contributed by atoms with E-state index >= 15 is 0 Å². The molecule has 0 aliphatic heterocycles. The van der Waals surface area contributed by atoms with Gasteiger partial charge in [0.15, 0.2) is 0 Å². The molecule has 0 aliphatic carbocycles. The summed E-state index contributed by atoms with van der Waals surface area (Å²) in [5.41, 5.74) is 3.59. The number of amides is 1. The van der Waals surface area contributed by atoms with Crippen LogP contribution in [-0.2, 0) is 28.9 Å². The van der Waals surface area contributed by atoms with Crippen molar-refractivity contribution in [3.63, 3.8) is 0 Å². The van der Waals surface area contributed by atoms with Crippen LogP contribution in [0.15, 0.2) is 70.4 Å². The topological polar surface area (TPSA) is 93.4 Å². The van der Waals surface area contributed by atoms with Crippen LogP contribution in [0.1, 0.15) is 11.1 Å². The van der Waals surface area contributed by atoms with Gasteiger partial charge >= 0.3 is 5.69 Å². The Morgan fingerprint density at radius 3 is 2.26 bits per heavy atom. The first kappa shape index (κ1) is 24.6. The molecular weight excluding hydrogens is 488 g/mol. The third kappa shape index (κ3) is 4.69. The number of rotatable bonds is 6. The molecule has 1 N–H and O–H groups in total. The van der Waals surface area contributed by atoms with E-state index in [2.05, 4.69) is 5.32 Å². The number of carbonyl (C=O) groups excluding carboxylic acids is 1. The van der Waals surface area contributed by atoms with Crippen molar-refractivity contribution in [3.8, 4) is 0 Å². The maximum Gasteiger partial charge on any atom is 0.328 e. The minimum absolute atomic E-state index is 0.0632. The van der Waals surface area contributed by atoms with Crippen LogP contribution in [0, 0.1) is 13.8 Å². The van der Waals surface area contributed by atoms with E-state index in [0.717, 1.165) is 15.4 Å². The highest BCUT2D eigenvalue weighted by Crippen LogP contribution is 2.28. The first-order valence-electron chi connectivity index (χ1n) is 10.8. The molecule has 0 fully saturated rings. The van der Waals surface area contributed by atoms with Crippen molar-refractivity contribution >= 4 is 49.9 Å². The van der Waals surface area contributed by atoms with Gasteiger partial charge in [0, 0.05) is 24.8 Å². The molecule has 0 saturated carbocycles. The summed E-state index contributed by atoms with van der Waals surface area (Å²) in [7, 11) is -0.750. The highest BCUT2D eigenvalue weighted by atomic mass is 35.5. The van der Waals surface area contributed by atoms with E-state index in [0.29, 0.717) is 21.7 Å². The molecule has 4 aromatic rings. The van der Waals surface area contributed by atoms with Crippen molar-refractivity contribution in [1.29, 1.82) is 0 Å². The summed E-state index contributed by atoms with van der Waals surface area (Å²) in [4.78, 5) is 25.3. The van der Waals surface area contributed by atoms with Gasteiger partial charge in [-0.25, -0.2) is 13.2 Å². The number of hydrogen-bond acceptors (Lipinski definition) is 4. The van der Waals surface area contributed by atoms with Crippen LogP contribution >= 0.6 is 11.6 Å². The molecule has 0 aliphatic rings. The Morgan fingerprint density at radius 2 is 1.60 bits per heavy atom. The number of imidazole rings is 1. The molecule has 0 radical (unpaired) electrons. The molecule has 4 rings (SSSR count). The van der Waals surface area contributed by atoms with Crippen LogP contribution < -0.4 is 15.3 Å². The minimum atomic E-state index is -4.07. The lowest BCUT2D eigenvalue weighted by atomic mass is 10.2. The quantitative estimate of drug-likeness (QED) is 0.423. The standard InChI is InChI=1S/C25H25ClN4O4S/c1-16-5-10-20(11-6-16)35(33,34)30(19-9-7-17(2)21(26)14-19)15-24(31)27-18-8-12-22-23(13-18)29(4)25(32)28(22)3/h5-14H,15H2,1-4H3,(H,27,31). The van der Waals surface area contributed by atoms with Gasteiger partial charge in [-0.3, -0.25) is 18.2 Å². The Balaban J connectivity index is 1.69. The molecule has 0 bridgehead atoms. The molecule has 0 unspecified atom stereocenters. The van der Waals surface area contributed by atoms with Gasteiger partial charge < -0.3 is 5.32 Å². The van der Waals surface area contributed by atoms with Crippen LogP contribution in [0.2, 0.25) is 5.02 Å². The summed E-state index contributed by atoms with van der Waals surface area (Å²) in [5, 5.41) is 3.14. The molecule has 1 aromatic heterocycles. The zero-order valence-corrected chi connectivity index (χ0v) is 21.3. The van der Waals surface area contributed by atoms with Crippen molar-refractivity contribution < 1.29 is 13.2 Å². The molecule has 10 heteroatoms. The van der Waals surface area contributed by atoms with Gasteiger partial charge in [-0.05, 0) is 61.9 Å². The van der Waals surface area contributed by atoms with Gasteiger partial charge in [-0.2, -0.15) is 0 Å². The zero-order chi connectivity index (χ0) is 25.5. The Morgan fingerprint density at radius 1 is 0.943 bits per heavy atom. The number of fused-ring (bicyclic) bond motifs is 1. The summed E-state index contributed by atoms with van der Waals surface area (Å²) in [5.74, 6) is -0.544. The molecular formula is C25H25ClN4O4S. The fraction of sp³-hybridized carbons (Fsp3) is 0.200. The highest BCUT2D eigenvalue weighted by molar-refractivity contribution is 7.92. The van der Waals surface area contributed by atoms with Crippen LogP contribution in [0.5, 0.6) is 0 Å². The minimum Gasteiger partial charge on any atom is -0.324 e. The third-order valence-electron chi connectivity index (χ3n) is 5.90. The zero-order valence-electron chi connectivity index (χ0n) is 19.7. The van der Waals surface area contributed by atoms with Crippen molar-refractivity contribution in [3.05, 3.63) is 87.3 Å². The second-order valence-electron chi connectivity index (χ2n) is 8.41. The van der Waals surface area contributed by atoms with E-state index < -0.39 is 22.5 Å². The lowest BCUT2D eigenvalue weighted by Gasteiger charge is -2.24. The average Bonchev–Trinajstić information content (AvgIpc) is 3.03. The van der Waals surface area contributed by atoms with Gasteiger partial charge in [0.2, 0.25) is 5.91 Å². The molecule has 0 atom stereocenters. The Hall–Kier alpha value is -3.56. The molecule has 0 spiro atoms. The number of nitrogens with zero attached hydrogens (tertiary/aromatic N) is 3. The number of aromatic nitrogens is 2.